The molecular weight excluding hydrogens is 198 g/mol. The van der Waals surface area contributed by atoms with Gasteiger partial charge >= 0.3 is 6.16 Å². The Morgan fingerprint density at radius 1 is 1.47 bits per heavy atom. The van der Waals surface area contributed by atoms with Gasteiger partial charge in [-0.2, -0.15) is 0 Å². The molecule has 0 aromatic heterocycles. The first-order valence-corrected chi connectivity index (χ1v) is 5.15. The molecule has 0 aromatic rings. The Morgan fingerprint density at radius 3 is 2.67 bits per heavy atom. The third-order valence-electron chi connectivity index (χ3n) is 2.66. The van der Waals surface area contributed by atoms with E-state index in [1.54, 1.807) is 0 Å². The average molecular weight is 217 g/mol. The highest BCUT2D eigenvalue weighted by Crippen LogP contribution is 2.22. The molecule has 0 radical (unpaired) electrons. The van der Waals surface area contributed by atoms with Crippen molar-refractivity contribution in [3.05, 3.63) is 0 Å². The van der Waals surface area contributed by atoms with Gasteiger partial charge in [0.1, 0.15) is 6.10 Å². The van der Waals surface area contributed by atoms with Crippen molar-refractivity contribution in [1.29, 1.82) is 0 Å². The fraction of sp³-hybridized carbons (Fsp3) is 0.900. The van der Waals surface area contributed by atoms with Crippen LogP contribution >= 0.6 is 0 Å². The third-order valence-corrected chi connectivity index (χ3v) is 2.66. The van der Waals surface area contributed by atoms with Gasteiger partial charge in [-0.3, -0.25) is 0 Å². The van der Waals surface area contributed by atoms with Crippen molar-refractivity contribution < 1.29 is 19.0 Å². The van der Waals surface area contributed by atoms with Crippen LogP contribution in [0.15, 0.2) is 0 Å². The van der Waals surface area contributed by atoms with Crippen LogP contribution < -0.4 is 5.32 Å². The third kappa shape index (κ3) is 3.07. The van der Waals surface area contributed by atoms with E-state index in [2.05, 4.69) is 10.1 Å². The Bertz CT molecular complexity index is 221. The van der Waals surface area contributed by atoms with Crippen molar-refractivity contribution in [1.82, 2.24) is 5.32 Å². The summed E-state index contributed by atoms with van der Waals surface area (Å²) in [6.45, 7) is 3.91. The van der Waals surface area contributed by atoms with E-state index in [-0.39, 0.29) is 24.4 Å². The van der Waals surface area contributed by atoms with Crippen LogP contribution in [0.5, 0.6) is 0 Å². The molecule has 5 nitrogen and oxygen atoms in total. The van der Waals surface area contributed by atoms with Gasteiger partial charge in [-0.05, 0) is 27.3 Å². The van der Waals surface area contributed by atoms with Crippen LogP contribution in [0, 0.1) is 0 Å². The van der Waals surface area contributed by atoms with Crippen molar-refractivity contribution in [2.24, 2.45) is 0 Å². The number of nitrogens with one attached hydrogen (secondary N) is 1. The Kier molecular flexibility index (Phi) is 4.35. The first kappa shape index (κ1) is 12.3. The maximum absolute atomic E-state index is 11.0. The van der Waals surface area contributed by atoms with Crippen molar-refractivity contribution >= 4 is 6.16 Å². The van der Waals surface area contributed by atoms with E-state index in [9.17, 15) is 4.79 Å². The molecule has 1 fully saturated rings. The Hall–Kier alpha value is -0.810. The molecule has 0 bridgehead atoms. The predicted molar refractivity (Wildman–Crippen MR) is 54.8 cm³/mol. The summed E-state index contributed by atoms with van der Waals surface area (Å²) in [6.07, 6.45) is -0.0770. The standard InChI is InChI=1S/C10H19NO4/c1-6-5-8(11-3)9(7(2)14-6)15-10(12)13-4/h6-9,11H,5H2,1-4H3/t6-,7-,8?,9?/m0/s1. The van der Waals surface area contributed by atoms with Gasteiger partial charge in [0.25, 0.3) is 0 Å². The molecule has 1 N–H and O–H groups in total. The van der Waals surface area contributed by atoms with Gasteiger partial charge in [0.05, 0.1) is 19.3 Å². The number of carbonyl (C=O) groups is 1. The second kappa shape index (κ2) is 5.32. The lowest BCUT2D eigenvalue weighted by molar-refractivity contribution is -0.126. The molecular formula is C10H19NO4. The number of rotatable bonds is 2. The highest BCUT2D eigenvalue weighted by molar-refractivity contribution is 5.60. The van der Waals surface area contributed by atoms with Crippen LogP contribution in [0.25, 0.3) is 0 Å². The second-order valence-corrected chi connectivity index (χ2v) is 3.82. The quantitative estimate of drug-likeness (QED) is 0.697. The van der Waals surface area contributed by atoms with Crippen LogP contribution in [-0.4, -0.2) is 44.7 Å². The fourth-order valence-electron chi connectivity index (χ4n) is 1.94. The first-order valence-electron chi connectivity index (χ1n) is 5.15. The smallest absolute Gasteiger partial charge is 0.438 e. The summed E-state index contributed by atoms with van der Waals surface area (Å²) in [5.41, 5.74) is 0. The minimum atomic E-state index is -0.662. The molecule has 1 rings (SSSR count). The largest absolute Gasteiger partial charge is 0.508 e. The number of hydrogen-bond acceptors (Lipinski definition) is 5. The summed E-state index contributed by atoms with van der Waals surface area (Å²) in [5.74, 6) is 0. The molecule has 0 aromatic carbocycles. The van der Waals surface area contributed by atoms with E-state index in [1.165, 1.54) is 7.11 Å². The van der Waals surface area contributed by atoms with Crippen molar-refractivity contribution in [3.63, 3.8) is 0 Å². The van der Waals surface area contributed by atoms with Crippen LogP contribution in [0.4, 0.5) is 4.79 Å². The molecule has 2 unspecified atom stereocenters. The highest BCUT2D eigenvalue weighted by atomic mass is 16.7. The summed E-state index contributed by atoms with van der Waals surface area (Å²) in [4.78, 5) is 11.0. The van der Waals surface area contributed by atoms with Crippen LogP contribution in [-0.2, 0) is 14.2 Å². The summed E-state index contributed by atoms with van der Waals surface area (Å²) in [5, 5.41) is 3.13. The van der Waals surface area contributed by atoms with E-state index < -0.39 is 6.16 Å². The maximum atomic E-state index is 11.0. The van der Waals surface area contributed by atoms with Crippen molar-refractivity contribution in [2.45, 2.75) is 44.6 Å². The van der Waals surface area contributed by atoms with Gasteiger partial charge in [0.15, 0.2) is 0 Å². The summed E-state index contributed by atoms with van der Waals surface area (Å²) in [7, 11) is 3.15. The second-order valence-electron chi connectivity index (χ2n) is 3.82. The van der Waals surface area contributed by atoms with Crippen molar-refractivity contribution in [3.8, 4) is 0 Å². The molecule has 88 valence electrons. The van der Waals surface area contributed by atoms with Gasteiger partial charge in [-0.25, -0.2) is 4.79 Å². The summed E-state index contributed by atoms with van der Waals surface area (Å²) < 4.78 is 15.2. The van der Waals surface area contributed by atoms with Crippen molar-refractivity contribution in [2.75, 3.05) is 14.2 Å². The minimum absolute atomic E-state index is 0.114. The Labute approximate surface area is 90.1 Å². The Balaban J connectivity index is 2.61. The van der Waals surface area contributed by atoms with E-state index in [4.69, 9.17) is 9.47 Å². The lowest BCUT2D eigenvalue weighted by atomic mass is 9.97. The number of carbonyl (C=O) groups excluding carboxylic acids is 1. The van der Waals surface area contributed by atoms with E-state index in [1.807, 2.05) is 20.9 Å². The molecule has 0 amide bonds. The van der Waals surface area contributed by atoms with Gasteiger partial charge < -0.3 is 19.5 Å². The summed E-state index contributed by atoms with van der Waals surface area (Å²) >= 11 is 0. The van der Waals surface area contributed by atoms with E-state index in [0.717, 1.165) is 6.42 Å². The number of ether oxygens (including phenoxy) is 3. The average Bonchev–Trinajstić information content (AvgIpc) is 2.21. The van der Waals surface area contributed by atoms with Crippen LogP contribution in [0.2, 0.25) is 0 Å². The molecule has 0 saturated carbocycles. The van der Waals surface area contributed by atoms with Gasteiger partial charge in [-0.1, -0.05) is 0 Å². The molecule has 0 aliphatic carbocycles. The van der Waals surface area contributed by atoms with Gasteiger partial charge in [0, 0.05) is 6.04 Å². The van der Waals surface area contributed by atoms with Crippen LogP contribution in [0.3, 0.4) is 0 Å². The molecule has 1 aliphatic heterocycles. The first-order chi connectivity index (χ1) is 7.08. The van der Waals surface area contributed by atoms with Crippen LogP contribution in [0.1, 0.15) is 20.3 Å². The number of methoxy groups -OCH3 is 1. The van der Waals surface area contributed by atoms with E-state index >= 15 is 0 Å². The van der Waals surface area contributed by atoms with Gasteiger partial charge in [-0.15, -0.1) is 0 Å². The lowest BCUT2D eigenvalue weighted by Gasteiger charge is -2.38. The molecule has 1 heterocycles. The molecule has 1 aliphatic rings. The molecule has 15 heavy (non-hydrogen) atoms. The maximum Gasteiger partial charge on any atom is 0.508 e. The van der Waals surface area contributed by atoms with Gasteiger partial charge in [0.2, 0.25) is 0 Å². The topological polar surface area (TPSA) is 56.8 Å². The fourth-order valence-corrected chi connectivity index (χ4v) is 1.94. The number of likely N-dealkylation sites (N-methyl/N-ethyl adjacent to an activating group) is 1. The number of hydrogen-bond donors (Lipinski definition) is 1. The minimum Gasteiger partial charge on any atom is -0.438 e. The monoisotopic (exact) mass is 217 g/mol. The predicted octanol–water partition coefficient (Wildman–Crippen LogP) is 0.923. The zero-order valence-electron chi connectivity index (χ0n) is 9.65. The highest BCUT2D eigenvalue weighted by Gasteiger charge is 2.36. The molecule has 0 spiro atoms. The Morgan fingerprint density at radius 2 is 2.13 bits per heavy atom. The lowest BCUT2D eigenvalue weighted by Crippen LogP contribution is -2.53. The normalized spacial score (nSPS) is 36.0. The zero-order valence-corrected chi connectivity index (χ0v) is 9.65. The molecule has 1 saturated heterocycles. The molecule has 4 atom stereocenters. The van der Waals surface area contributed by atoms with E-state index in [0.29, 0.717) is 0 Å². The summed E-state index contributed by atoms with van der Waals surface area (Å²) in [6, 6.07) is 0.114. The zero-order chi connectivity index (χ0) is 11.4. The SMILES string of the molecule is CNC1C[C@H](C)O[C@@H](C)C1OC(=O)OC. The molecule has 5 heteroatoms.